The van der Waals surface area contributed by atoms with Crippen LogP contribution in [0.3, 0.4) is 0 Å². The lowest BCUT2D eigenvalue weighted by Crippen LogP contribution is -2.34. The van der Waals surface area contributed by atoms with Crippen LogP contribution in [0.5, 0.6) is 0 Å². The molecule has 0 aliphatic carbocycles. The SMILES string of the molecule is CCN(CC)C(=O)[C@@H]1O[C@H]1C. The fourth-order valence-electron chi connectivity index (χ4n) is 1.16. The van der Waals surface area contributed by atoms with Crippen molar-refractivity contribution in [3.63, 3.8) is 0 Å². The summed E-state index contributed by atoms with van der Waals surface area (Å²) in [6.07, 6.45) is -0.00185. The lowest BCUT2D eigenvalue weighted by molar-refractivity contribution is -0.132. The van der Waals surface area contributed by atoms with E-state index in [0.29, 0.717) is 0 Å². The highest BCUT2D eigenvalue weighted by Gasteiger charge is 2.42. The molecule has 1 saturated heterocycles. The number of amides is 1. The van der Waals surface area contributed by atoms with Gasteiger partial charge in [-0.15, -0.1) is 0 Å². The molecule has 1 aliphatic rings. The first-order valence-corrected chi connectivity index (χ1v) is 4.15. The number of carbonyl (C=O) groups excluding carboxylic acids is 1. The molecule has 0 aromatic carbocycles. The average molecular weight is 157 g/mol. The highest BCUT2D eigenvalue weighted by Crippen LogP contribution is 2.22. The Balaban J connectivity index is 2.39. The molecule has 1 heterocycles. The largest absolute Gasteiger partial charge is 0.359 e. The molecule has 0 aromatic heterocycles. The van der Waals surface area contributed by atoms with Crippen molar-refractivity contribution in [3.05, 3.63) is 0 Å². The molecule has 64 valence electrons. The molecule has 1 fully saturated rings. The molecule has 1 rings (SSSR count). The van der Waals surface area contributed by atoms with Crippen LogP contribution in [0.25, 0.3) is 0 Å². The van der Waals surface area contributed by atoms with Crippen LogP contribution in [0.2, 0.25) is 0 Å². The van der Waals surface area contributed by atoms with Crippen molar-refractivity contribution in [3.8, 4) is 0 Å². The molecule has 0 N–H and O–H groups in total. The lowest BCUT2D eigenvalue weighted by atomic mass is 10.3. The van der Waals surface area contributed by atoms with E-state index in [-0.39, 0.29) is 18.1 Å². The topological polar surface area (TPSA) is 32.8 Å². The predicted octanol–water partition coefficient (Wildman–Crippen LogP) is 0.642. The molecule has 3 heteroatoms. The smallest absolute Gasteiger partial charge is 0.254 e. The first-order chi connectivity index (χ1) is 5.20. The lowest BCUT2D eigenvalue weighted by Gasteiger charge is -2.16. The number of epoxide rings is 1. The molecule has 0 bridgehead atoms. The molecule has 3 nitrogen and oxygen atoms in total. The summed E-state index contributed by atoms with van der Waals surface area (Å²) in [7, 11) is 0. The second-order valence-electron chi connectivity index (χ2n) is 2.77. The fourth-order valence-corrected chi connectivity index (χ4v) is 1.16. The van der Waals surface area contributed by atoms with Crippen LogP contribution in [0.1, 0.15) is 20.8 Å². The van der Waals surface area contributed by atoms with Crippen molar-refractivity contribution in [1.29, 1.82) is 0 Å². The van der Waals surface area contributed by atoms with Gasteiger partial charge in [0.15, 0.2) is 6.10 Å². The summed E-state index contributed by atoms with van der Waals surface area (Å²) < 4.78 is 5.07. The molecule has 2 atom stereocenters. The first kappa shape index (κ1) is 8.53. The minimum absolute atomic E-state index is 0.141. The van der Waals surface area contributed by atoms with Crippen LogP contribution in [0.15, 0.2) is 0 Å². The minimum Gasteiger partial charge on any atom is -0.359 e. The molecule has 0 radical (unpaired) electrons. The quantitative estimate of drug-likeness (QED) is 0.563. The second-order valence-corrected chi connectivity index (χ2v) is 2.77. The van der Waals surface area contributed by atoms with Gasteiger partial charge in [-0.1, -0.05) is 0 Å². The van der Waals surface area contributed by atoms with Gasteiger partial charge >= 0.3 is 0 Å². The van der Waals surface area contributed by atoms with E-state index in [2.05, 4.69) is 0 Å². The zero-order valence-electron chi connectivity index (χ0n) is 7.33. The Labute approximate surface area is 67.3 Å². The van der Waals surface area contributed by atoms with Gasteiger partial charge in [0.2, 0.25) is 0 Å². The highest BCUT2D eigenvalue weighted by molar-refractivity contribution is 5.83. The molecule has 0 unspecified atom stereocenters. The molecule has 11 heavy (non-hydrogen) atoms. The van der Waals surface area contributed by atoms with E-state index < -0.39 is 0 Å². The maximum absolute atomic E-state index is 11.4. The van der Waals surface area contributed by atoms with Crippen LogP contribution in [0, 0.1) is 0 Å². The Morgan fingerprint density at radius 3 is 2.18 bits per heavy atom. The monoisotopic (exact) mass is 157 g/mol. The van der Waals surface area contributed by atoms with Gasteiger partial charge in [0.1, 0.15) is 0 Å². The van der Waals surface area contributed by atoms with Gasteiger partial charge in [0, 0.05) is 13.1 Å². The van der Waals surface area contributed by atoms with Gasteiger partial charge in [0.05, 0.1) is 6.10 Å². The standard InChI is InChI=1S/C8H15NO2/c1-4-9(5-2)8(10)7-6(3)11-7/h6-7H,4-5H2,1-3H3/t6-,7+/m0/s1. The van der Waals surface area contributed by atoms with Crippen molar-refractivity contribution < 1.29 is 9.53 Å². The van der Waals surface area contributed by atoms with Gasteiger partial charge in [-0.2, -0.15) is 0 Å². The Hall–Kier alpha value is -0.570. The zero-order chi connectivity index (χ0) is 8.43. The van der Waals surface area contributed by atoms with Crippen molar-refractivity contribution in [1.82, 2.24) is 4.90 Å². The number of hydrogen-bond acceptors (Lipinski definition) is 2. The fraction of sp³-hybridized carbons (Fsp3) is 0.875. The van der Waals surface area contributed by atoms with Crippen molar-refractivity contribution in [2.75, 3.05) is 13.1 Å². The Morgan fingerprint density at radius 1 is 1.45 bits per heavy atom. The van der Waals surface area contributed by atoms with E-state index in [4.69, 9.17) is 4.74 Å². The zero-order valence-corrected chi connectivity index (χ0v) is 7.33. The molecule has 0 aromatic rings. The number of rotatable bonds is 3. The van der Waals surface area contributed by atoms with Crippen LogP contribution < -0.4 is 0 Å². The second kappa shape index (κ2) is 3.22. The molecular weight excluding hydrogens is 142 g/mol. The Bertz CT molecular complexity index is 154. The minimum atomic E-state index is -0.144. The Kier molecular flexibility index (Phi) is 2.49. The third-order valence-corrected chi connectivity index (χ3v) is 2.03. The summed E-state index contributed by atoms with van der Waals surface area (Å²) in [6.45, 7) is 7.44. The molecule has 1 aliphatic heterocycles. The number of ether oxygens (including phenoxy) is 1. The van der Waals surface area contributed by atoms with Crippen LogP contribution in [-0.4, -0.2) is 36.1 Å². The van der Waals surface area contributed by atoms with E-state index in [9.17, 15) is 4.79 Å². The van der Waals surface area contributed by atoms with Gasteiger partial charge in [-0.25, -0.2) is 0 Å². The van der Waals surface area contributed by atoms with E-state index in [1.165, 1.54) is 0 Å². The van der Waals surface area contributed by atoms with Crippen molar-refractivity contribution in [2.24, 2.45) is 0 Å². The van der Waals surface area contributed by atoms with Crippen LogP contribution in [-0.2, 0) is 9.53 Å². The predicted molar refractivity (Wildman–Crippen MR) is 42.3 cm³/mol. The highest BCUT2D eigenvalue weighted by atomic mass is 16.6. The number of nitrogens with zero attached hydrogens (tertiary/aromatic N) is 1. The van der Waals surface area contributed by atoms with E-state index in [1.54, 1.807) is 4.90 Å². The van der Waals surface area contributed by atoms with Crippen LogP contribution >= 0.6 is 0 Å². The summed E-state index contributed by atoms with van der Waals surface area (Å²) in [6, 6.07) is 0. The third kappa shape index (κ3) is 1.71. The number of carbonyl (C=O) groups is 1. The van der Waals surface area contributed by atoms with E-state index >= 15 is 0 Å². The summed E-state index contributed by atoms with van der Waals surface area (Å²) in [4.78, 5) is 13.2. The normalized spacial score (nSPS) is 28.3. The molecule has 0 spiro atoms. The summed E-state index contributed by atoms with van der Waals surface area (Å²) in [5, 5.41) is 0. The van der Waals surface area contributed by atoms with Gasteiger partial charge in [-0.05, 0) is 20.8 Å². The Morgan fingerprint density at radius 2 is 1.91 bits per heavy atom. The number of hydrogen-bond donors (Lipinski definition) is 0. The van der Waals surface area contributed by atoms with Gasteiger partial charge in [-0.3, -0.25) is 4.79 Å². The third-order valence-electron chi connectivity index (χ3n) is 2.03. The van der Waals surface area contributed by atoms with Gasteiger partial charge in [0.25, 0.3) is 5.91 Å². The molecular formula is C8H15NO2. The van der Waals surface area contributed by atoms with E-state index in [1.807, 2.05) is 20.8 Å². The summed E-state index contributed by atoms with van der Waals surface area (Å²) in [5.41, 5.74) is 0. The summed E-state index contributed by atoms with van der Waals surface area (Å²) in [5.74, 6) is 0.141. The van der Waals surface area contributed by atoms with E-state index in [0.717, 1.165) is 13.1 Å². The van der Waals surface area contributed by atoms with Crippen molar-refractivity contribution >= 4 is 5.91 Å². The molecule has 0 saturated carbocycles. The first-order valence-electron chi connectivity index (χ1n) is 4.15. The summed E-state index contributed by atoms with van der Waals surface area (Å²) >= 11 is 0. The van der Waals surface area contributed by atoms with Gasteiger partial charge < -0.3 is 9.64 Å². The van der Waals surface area contributed by atoms with Crippen LogP contribution in [0.4, 0.5) is 0 Å². The van der Waals surface area contributed by atoms with Crippen molar-refractivity contribution in [2.45, 2.75) is 33.0 Å². The maximum atomic E-state index is 11.4. The maximum Gasteiger partial charge on any atom is 0.254 e. The molecule has 1 amide bonds. The number of likely N-dealkylation sites (N-methyl/N-ethyl adjacent to an activating group) is 1. The average Bonchev–Trinajstić information content (AvgIpc) is 2.69.